The van der Waals surface area contributed by atoms with Gasteiger partial charge in [0.2, 0.25) is 0 Å². The van der Waals surface area contributed by atoms with E-state index in [0.717, 1.165) is 19.4 Å². The quantitative estimate of drug-likeness (QED) is 0.711. The van der Waals surface area contributed by atoms with E-state index in [9.17, 15) is 0 Å². The zero-order valence-corrected chi connectivity index (χ0v) is 10.8. The van der Waals surface area contributed by atoms with E-state index in [1.54, 1.807) is 0 Å². The van der Waals surface area contributed by atoms with Gasteiger partial charge in [0, 0.05) is 6.42 Å². The smallest absolute Gasteiger partial charge is 0.163 e. The Morgan fingerprint density at radius 1 is 1.35 bits per heavy atom. The van der Waals surface area contributed by atoms with Crippen LogP contribution >= 0.6 is 0 Å². The first kappa shape index (κ1) is 13.0. The van der Waals surface area contributed by atoms with E-state index in [1.807, 2.05) is 20.8 Å². The molecular weight excluding hydrogens is 220 g/mol. The molecule has 4 heteroatoms. The second kappa shape index (κ2) is 5.48. The molecule has 2 heterocycles. The monoisotopic (exact) mass is 242 g/mol. The maximum Gasteiger partial charge on any atom is 0.163 e. The fourth-order valence-corrected chi connectivity index (χ4v) is 2.11. The topological polar surface area (TPSA) is 36.9 Å². The Morgan fingerprint density at radius 3 is 2.82 bits per heavy atom. The standard InChI is InChI=1S/C13H22O4/c1-10-14-8-7-11(16-10)5-4-6-12-9-15-13(2,3)17-12/h4-5,10-12H,6-9H2,1-3H3/b5-4-/t10-,11+,12-/m0/s1. The van der Waals surface area contributed by atoms with Crippen molar-refractivity contribution < 1.29 is 18.9 Å². The van der Waals surface area contributed by atoms with E-state index >= 15 is 0 Å². The summed E-state index contributed by atoms with van der Waals surface area (Å²) in [5, 5.41) is 0. The van der Waals surface area contributed by atoms with Gasteiger partial charge in [-0.05, 0) is 27.2 Å². The van der Waals surface area contributed by atoms with Crippen molar-refractivity contribution in [2.75, 3.05) is 13.2 Å². The summed E-state index contributed by atoms with van der Waals surface area (Å²) >= 11 is 0. The van der Waals surface area contributed by atoms with Crippen LogP contribution in [0.2, 0.25) is 0 Å². The first-order valence-corrected chi connectivity index (χ1v) is 6.31. The molecule has 2 aliphatic rings. The first-order valence-electron chi connectivity index (χ1n) is 6.31. The van der Waals surface area contributed by atoms with Gasteiger partial charge in [0.15, 0.2) is 12.1 Å². The predicted molar refractivity (Wildman–Crippen MR) is 63.6 cm³/mol. The summed E-state index contributed by atoms with van der Waals surface area (Å²) in [5.41, 5.74) is 0. The highest BCUT2D eigenvalue weighted by Crippen LogP contribution is 2.24. The number of ether oxygens (including phenoxy) is 4. The molecule has 0 aromatic carbocycles. The van der Waals surface area contributed by atoms with Crippen molar-refractivity contribution in [3.8, 4) is 0 Å². The van der Waals surface area contributed by atoms with Crippen LogP contribution in [0.5, 0.6) is 0 Å². The molecule has 2 saturated heterocycles. The number of rotatable bonds is 3. The lowest BCUT2D eigenvalue weighted by Gasteiger charge is -2.26. The second-order valence-corrected chi connectivity index (χ2v) is 5.02. The van der Waals surface area contributed by atoms with Crippen LogP contribution in [0, 0.1) is 0 Å². The zero-order chi connectivity index (χ0) is 12.3. The number of hydrogen-bond acceptors (Lipinski definition) is 4. The Labute approximate surface area is 103 Å². The maximum atomic E-state index is 5.72. The van der Waals surface area contributed by atoms with Gasteiger partial charge in [0.25, 0.3) is 0 Å². The SMILES string of the molecule is C[C@H]1OCC[C@@H](/C=C\C[C@H]2COC(C)(C)O2)O1. The van der Waals surface area contributed by atoms with E-state index in [0.29, 0.717) is 6.61 Å². The number of hydrogen-bond donors (Lipinski definition) is 0. The molecule has 2 rings (SSSR count). The molecule has 0 aromatic heterocycles. The van der Waals surface area contributed by atoms with E-state index in [1.165, 1.54) is 0 Å². The molecule has 2 fully saturated rings. The van der Waals surface area contributed by atoms with E-state index in [-0.39, 0.29) is 18.5 Å². The van der Waals surface area contributed by atoms with Crippen LogP contribution in [0.3, 0.4) is 0 Å². The molecule has 4 nitrogen and oxygen atoms in total. The largest absolute Gasteiger partial charge is 0.353 e. The molecule has 0 aromatic rings. The van der Waals surface area contributed by atoms with Gasteiger partial charge in [-0.3, -0.25) is 0 Å². The lowest BCUT2D eigenvalue weighted by atomic mass is 10.2. The Morgan fingerprint density at radius 2 is 2.18 bits per heavy atom. The fourth-order valence-electron chi connectivity index (χ4n) is 2.11. The fraction of sp³-hybridized carbons (Fsp3) is 0.846. The molecule has 98 valence electrons. The average molecular weight is 242 g/mol. The minimum Gasteiger partial charge on any atom is -0.353 e. The molecule has 2 aliphatic heterocycles. The zero-order valence-electron chi connectivity index (χ0n) is 10.8. The summed E-state index contributed by atoms with van der Waals surface area (Å²) in [5.74, 6) is -0.428. The van der Waals surface area contributed by atoms with Crippen molar-refractivity contribution in [1.82, 2.24) is 0 Å². The van der Waals surface area contributed by atoms with Crippen LogP contribution in [-0.4, -0.2) is 37.5 Å². The van der Waals surface area contributed by atoms with Gasteiger partial charge in [0.1, 0.15) is 0 Å². The molecule has 0 aliphatic carbocycles. The summed E-state index contributed by atoms with van der Waals surface area (Å²) in [6.07, 6.45) is 6.27. The van der Waals surface area contributed by atoms with Crippen molar-refractivity contribution in [3.05, 3.63) is 12.2 Å². The van der Waals surface area contributed by atoms with E-state index in [2.05, 4.69) is 12.2 Å². The van der Waals surface area contributed by atoms with Crippen molar-refractivity contribution in [2.45, 2.75) is 57.9 Å². The van der Waals surface area contributed by atoms with Crippen LogP contribution in [0.1, 0.15) is 33.6 Å². The van der Waals surface area contributed by atoms with Crippen molar-refractivity contribution in [3.63, 3.8) is 0 Å². The average Bonchev–Trinajstić information content (AvgIpc) is 2.58. The van der Waals surface area contributed by atoms with Gasteiger partial charge in [-0.1, -0.05) is 12.2 Å². The summed E-state index contributed by atoms with van der Waals surface area (Å²) in [6, 6.07) is 0. The minimum absolute atomic E-state index is 0.0941. The van der Waals surface area contributed by atoms with Crippen LogP contribution < -0.4 is 0 Å². The van der Waals surface area contributed by atoms with Gasteiger partial charge in [-0.15, -0.1) is 0 Å². The van der Waals surface area contributed by atoms with Crippen LogP contribution in [-0.2, 0) is 18.9 Å². The molecule has 0 bridgehead atoms. The highest BCUT2D eigenvalue weighted by molar-refractivity contribution is 4.93. The predicted octanol–water partition coefficient (Wildman–Crippen LogP) is 2.24. The van der Waals surface area contributed by atoms with Gasteiger partial charge >= 0.3 is 0 Å². The van der Waals surface area contributed by atoms with Crippen LogP contribution in [0.15, 0.2) is 12.2 Å². The third-order valence-electron chi connectivity index (χ3n) is 2.94. The minimum atomic E-state index is -0.428. The van der Waals surface area contributed by atoms with Gasteiger partial charge in [-0.2, -0.15) is 0 Å². The summed E-state index contributed by atoms with van der Waals surface area (Å²) in [7, 11) is 0. The van der Waals surface area contributed by atoms with E-state index in [4.69, 9.17) is 18.9 Å². The van der Waals surface area contributed by atoms with Crippen molar-refractivity contribution in [2.24, 2.45) is 0 Å². The first-order chi connectivity index (χ1) is 8.05. The molecule has 0 unspecified atom stereocenters. The molecule has 0 spiro atoms. The summed E-state index contributed by atoms with van der Waals surface area (Å²) in [6.45, 7) is 7.25. The third-order valence-corrected chi connectivity index (χ3v) is 2.94. The molecule has 0 N–H and O–H groups in total. The highest BCUT2D eigenvalue weighted by atomic mass is 16.7. The summed E-state index contributed by atoms with van der Waals surface area (Å²) < 4.78 is 22.2. The molecule has 0 saturated carbocycles. The van der Waals surface area contributed by atoms with Gasteiger partial charge in [-0.25, -0.2) is 0 Å². The third kappa shape index (κ3) is 4.07. The molecule has 17 heavy (non-hydrogen) atoms. The van der Waals surface area contributed by atoms with Crippen molar-refractivity contribution >= 4 is 0 Å². The normalized spacial score (nSPS) is 37.7. The second-order valence-electron chi connectivity index (χ2n) is 5.02. The Bertz CT molecular complexity index is 275. The van der Waals surface area contributed by atoms with Crippen molar-refractivity contribution in [1.29, 1.82) is 0 Å². The Kier molecular flexibility index (Phi) is 4.20. The Balaban J connectivity index is 1.71. The van der Waals surface area contributed by atoms with E-state index < -0.39 is 5.79 Å². The van der Waals surface area contributed by atoms with Gasteiger partial charge in [0.05, 0.1) is 25.4 Å². The lowest BCUT2D eigenvalue weighted by molar-refractivity contribution is -0.189. The van der Waals surface area contributed by atoms with Gasteiger partial charge < -0.3 is 18.9 Å². The van der Waals surface area contributed by atoms with Crippen LogP contribution in [0.4, 0.5) is 0 Å². The molecule has 0 radical (unpaired) electrons. The van der Waals surface area contributed by atoms with Crippen LogP contribution in [0.25, 0.3) is 0 Å². The molecule has 0 amide bonds. The molecule has 3 atom stereocenters. The maximum absolute atomic E-state index is 5.72. The highest BCUT2D eigenvalue weighted by Gasteiger charge is 2.31. The molecular formula is C13H22O4. The Hall–Kier alpha value is -0.420. The summed E-state index contributed by atoms with van der Waals surface area (Å²) in [4.78, 5) is 0. The lowest BCUT2D eigenvalue weighted by Crippen LogP contribution is -2.28.